The van der Waals surface area contributed by atoms with Gasteiger partial charge in [-0.25, -0.2) is 0 Å². The van der Waals surface area contributed by atoms with Gasteiger partial charge in [0.25, 0.3) is 8.32 Å². The molecule has 3 nitrogen and oxygen atoms in total. The molecule has 0 amide bonds. The first kappa shape index (κ1) is 16.5. The van der Waals surface area contributed by atoms with Gasteiger partial charge in [-0.05, 0) is 41.9 Å². The van der Waals surface area contributed by atoms with Crippen LogP contribution in [-0.4, -0.2) is 21.7 Å². The molecule has 0 fully saturated rings. The van der Waals surface area contributed by atoms with Crippen molar-refractivity contribution in [1.82, 2.24) is 0 Å². The van der Waals surface area contributed by atoms with Gasteiger partial charge in [-0.15, -0.1) is 0 Å². The lowest BCUT2D eigenvalue weighted by Gasteiger charge is -2.36. The molecule has 0 N–H and O–H groups in total. The summed E-state index contributed by atoms with van der Waals surface area (Å²) in [6, 6.07) is 5.71. The van der Waals surface area contributed by atoms with Gasteiger partial charge in [-0.1, -0.05) is 32.9 Å². The minimum Gasteiger partial charge on any atom is -0.541 e. The molecule has 0 atom stereocenters. The van der Waals surface area contributed by atoms with Crippen molar-refractivity contribution in [3.8, 4) is 11.5 Å². The SMILES string of the molecule is COc1cc(/C=C/C=O)ccc1O[Si](C)(C)C(C)(C)C. The largest absolute Gasteiger partial charge is 0.541 e. The maximum atomic E-state index is 10.4. The summed E-state index contributed by atoms with van der Waals surface area (Å²) in [5, 5.41) is 0.133. The zero-order valence-corrected chi connectivity index (χ0v) is 14.2. The van der Waals surface area contributed by atoms with Crippen LogP contribution in [-0.2, 0) is 4.79 Å². The minimum absolute atomic E-state index is 0.133. The van der Waals surface area contributed by atoms with E-state index in [1.165, 1.54) is 6.08 Å². The Morgan fingerprint density at radius 3 is 2.30 bits per heavy atom. The van der Waals surface area contributed by atoms with Crippen LogP contribution in [0.2, 0.25) is 18.1 Å². The average molecular weight is 292 g/mol. The van der Waals surface area contributed by atoms with Crippen LogP contribution >= 0.6 is 0 Å². The zero-order valence-electron chi connectivity index (χ0n) is 13.2. The van der Waals surface area contributed by atoms with Gasteiger partial charge in [0.05, 0.1) is 7.11 Å². The molecule has 1 rings (SSSR count). The number of methoxy groups -OCH3 is 1. The molecule has 0 saturated heterocycles. The maximum absolute atomic E-state index is 10.4. The van der Waals surface area contributed by atoms with E-state index in [1.54, 1.807) is 13.2 Å². The lowest BCUT2D eigenvalue weighted by molar-refractivity contribution is -0.104. The molecule has 0 bridgehead atoms. The molecule has 0 aromatic heterocycles. The van der Waals surface area contributed by atoms with Crippen LogP contribution in [0.15, 0.2) is 24.3 Å². The highest BCUT2D eigenvalue weighted by atomic mass is 28.4. The number of ether oxygens (including phenoxy) is 1. The molecule has 0 saturated carbocycles. The second kappa shape index (κ2) is 6.26. The van der Waals surface area contributed by atoms with Gasteiger partial charge in [-0.2, -0.15) is 0 Å². The lowest BCUT2D eigenvalue weighted by Crippen LogP contribution is -2.43. The fourth-order valence-electron chi connectivity index (χ4n) is 1.45. The summed E-state index contributed by atoms with van der Waals surface area (Å²) in [5.41, 5.74) is 0.913. The first-order valence-corrected chi connectivity index (χ1v) is 9.61. The van der Waals surface area contributed by atoms with Crippen molar-refractivity contribution >= 4 is 20.7 Å². The minimum atomic E-state index is -1.89. The van der Waals surface area contributed by atoms with E-state index in [2.05, 4.69) is 33.9 Å². The predicted molar refractivity (Wildman–Crippen MR) is 85.9 cm³/mol. The monoisotopic (exact) mass is 292 g/mol. The molecule has 4 heteroatoms. The normalized spacial score (nSPS) is 12.5. The standard InChI is InChI=1S/C16H24O3Si/c1-16(2,3)20(5,6)19-14-10-9-13(8-7-11-17)12-15(14)18-4/h7-12H,1-6H3/b8-7+. The summed E-state index contributed by atoms with van der Waals surface area (Å²) >= 11 is 0. The van der Waals surface area contributed by atoms with E-state index in [0.29, 0.717) is 5.75 Å². The molecule has 1 aromatic rings. The van der Waals surface area contributed by atoms with Gasteiger partial charge in [-0.3, -0.25) is 4.79 Å². The summed E-state index contributed by atoms with van der Waals surface area (Å²) in [6.45, 7) is 11.0. The molecule has 0 spiro atoms. The van der Waals surface area contributed by atoms with Crippen LogP contribution in [0.3, 0.4) is 0 Å². The molecule has 0 unspecified atom stereocenters. The lowest BCUT2D eigenvalue weighted by atomic mass is 10.2. The van der Waals surface area contributed by atoms with Gasteiger partial charge >= 0.3 is 0 Å². The molecule has 20 heavy (non-hydrogen) atoms. The molecule has 0 aliphatic carbocycles. The summed E-state index contributed by atoms with van der Waals surface area (Å²) in [4.78, 5) is 10.4. The van der Waals surface area contributed by atoms with Gasteiger partial charge in [0.15, 0.2) is 5.75 Å². The van der Waals surface area contributed by atoms with Crippen LogP contribution in [0, 0.1) is 0 Å². The first-order valence-electron chi connectivity index (χ1n) is 6.70. The van der Waals surface area contributed by atoms with Crippen molar-refractivity contribution in [2.24, 2.45) is 0 Å². The van der Waals surface area contributed by atoms with E-state index in [4.69, 9.17) is 9.16 Å². The third-order valence-electron chi connectivity index (χ3n) is 3.73. The molecule has 0 aliphatic heterocycles. The Bertz CT molecular complexity index is 499. The third-order valence-corrected chi connectivity index (χ3v) is 8.07. The summed E-state index contributed by atoms with van der Waals surface area (Å²) in [6.07, 6.45) is 3.96. The Balaban J connectivity index is 3.08. The first-order chi connectivity index (χ1) is 9.21. The number of allylic oxidation sites excluding steroid dienone is 1. The van der Waals surface area contributed by atoms with Crippen LogP contribution in [0.4, 0.5) is 0 Å². The van der Waals surface area contributed by atoms with Gasteiger partial charge in [0.1, 0.15) is 12.0 Å². The van der Waals surface area contributed by atoms with Gasteiger partial charge < -0.3 is 9.16 Å². The Labute approximate surface area is 122 Å². The highest BCUT2D eigenvalue weighted by Crippen LogP contribution is 2.40. The molecule has 0 aliphatic rings. The van der Waals surface area contributed by atoms with Crippen molar-refractivity contribution in [3.05, 3.63) is 29.8 Å². The molecule has 0 radical (unpaired) electrons. The molecular formula is C16H24O3Si. The molecule has 1 aromatic carbocycles. The second-order valence-corrected chi connectivity index (χ2v) is 11.0. The van der Waals surface area contributed by atoms with E-state index in [1.807, 2.05) is 18.2 Å². The Kier molecular flexibility index (Phi) is 5.17. The maximum Gasteiger partial charge on any atom is 0.250 e. The zero-order chi connectivity index (χ0) is 15.4. The van der Waals surface area contributed by atoms with Crippen molar-refractivity contribution < 1.29 is 14.0 Å². The van der Waals surface area contributed by atoms with Crippen LogP contribution < -0.4 is 9.16 Å². The smallest absolute Gasteiger partial charge is 0.250 e. The Morgan fingerprint density at radius 1 is 1.15 bits per heavy atom. The molecule has 0 heterocycles. The third kappa shape index (κ3) is 3.97. The summed E-state index contributed by atoms with van der Waals surface area (Å²) in [5.74, 6) is 1.46. The average Bonchev–Trinajstić information content (AvgIpc) is 2.35. The molecule has 110 valence electrons. The van der Waals surface area contributed by atoms with E-state index >= 15 is 0 Å². The van der Waals surface area contributed by atoms with Crippen molar-refractivity contribution in [3.63, 3.8) is 0 Å². The highest BCUT2D eigenvalue weighted by Gasteiger charge is 2.39. The number of benzene rings is 1. The number of hydrogen-bond acceptors (Lipinski definition) is 3. The van der Waals surface area contributed by atoms with Crippen LogP contribution in [0.5, 0.6) is 11.5 Å². The van der Waals surface area contributed by atoms with Crippen molar-refractivity contribution in [2.75, 3.05) is 7.11 Å². The number of aldehydes is 1. The second-order valence-electron chi connectivity index (χ2n) is 6.27. The topological polar surface area (TPSA) is 35.5 Å². The van der Waals surface area contributed by atoms with Gasteiger partial charge in [0, 0.05) is 0 Å². The van der Waals surface area contributed by atoms with Crippen LogP contribution in [0.25, 0.3) is 6.08 Å². The summed E-state index contributed by atoms with van der Waals surface area (Å²) in [7, 11) is -0.264. The summed E-state index contributed by atoms with van der Waals surface area (Å²) < 4.78 is 11.7. The van der Waals surface area contributed by atoms with E-state index < -0.39 is 8.32 Å². The number of hydrogen-bond donors (Lipinski definition) is 0. The number of carbonyl (C=O) groups is 1. The van der Waals surface area contributed by atoms with Crippen molar-refractivity contribution in [1.29, 1.82) is 0 Å². The molecular weight excluding hydrogens is 268 g/mol. The fourth-order valence-corrected chi connectivity index (χ4v) is 2.48. The highest BCUT2D eigenvalue weighted by molar-refractivity contribution is 6.74. The van der Waals surface area contributed by atoms with Crippen molar-refractivity contribution in [2.45, 2.75) is 38.9 Å². The predicted octanol–water partition coefficient (Wildman–Crippen LogP) is 4.29. The van der Waals surface area contributed by atoms with E-state index in [0.717, 1.165) is 17.6 Å². The Hall–Kier alpha value is -1.55. The van der Waals surface area contributed by atoms with Gasteiger partial charge in [0.2, 0.25) is 0 Å². The number of rotatable bonds is 5. The quantitative estimate of drug-likeness (QED) is 0.461. The van der Waals surface area contributed by atoms with Crippen LogP contribution in [0.1, 0.15) is 26.3 Å². The fraction of sp³-hybridized carbons (Fsp3) is 0.438. The Morgan fingerprint density at radius 2 is 1.80 bits per heavy atom. The number of carbonyl (C=O) groups excluding carboxylic acids is 1. The van der Waals surface area contributed by atoms with E-state index in [9.17, 15) is 4.79 Å². The van der Waals surface area contributed by atoms with E-state index in [-0.39, 0.29) is 5.04 Å².